The van der Waals surface area contributed by atoms with Gasteiger partial charge in [-0.05, 0) is 0 Å². The molecule has 0 bridgehead atoms. The van der Waals surface area contributed by atoms with Crippen molar-refractivity contribution in [3.05, 3.63) is 0 Å². The van der Waals surface area contributed by atoms with Crippen molar-refractivity contribution in [2.75, 3.05) is 0 Å². The van der Waals surface area contributed by atoms with Crippen LogP contribution >= 0.6 is 0 Å². The fourth-order valence-electron chi connectivity index (χ4n) is 0.514. The summed E-state index contributed by atoms with van der Waals surface area (Å²) in [5, 5.41) is 3.65. The second-order valence-electron chi connectivity index (χ2n) is 1.80. The first kappa shape index (κ1) is 7.95. The minimum Gasteiger partial charge on any atom is -0.313 e. The highest BCUT2D eigenvalue weighted by molar-refractivity contribution is 7.87. The van der Waals surface area contributed by atoms with E-state index in [-0.39, 0.29) is 0 Å². The molecule has 0 aromatic heterocycles. The van der Waals surface area contributed by atoms with Gasteiger partial charge in [-0.25, -0.2) is 10.2 Å². The maximum atomic E-state index is 10.4. The van der Waals surface area contributed by atoms with Crippen molar-refractivity contribution < 1.29 is 17.8 Å². The van der Waals surface area contributed by atoms with Crippen molar-refractivity contribution in [2.24, 2.45) is 5.10 Å². The van der Waals surface area contributed by atoms with Crippen LogP contribution in [-0.4, -0.2) is 30.6 Å². The first-order valence-electron chi connectivity index (χ1n) is 2.56. The van der Waals surface area contributed by atoms with E-state index in [1.165, 1.54) is 0 Å². The van der Waals surface area contributed by atoms with E-state index < -0.39 is 21.5 Å². The molecule has 0 saturated heterocycles. The smallest absolute Gasteiger partial charge is 0.313 e. The Balaban J connectivity index is 2.84. The van der Waals surface area contributed by atoms with Crippen LogP contribution in [0.1, 0.15) is 0 Å². The molecule has 0 spiro atoms. The number of carbonyl (C=O) groups excluding carboxylic acids is 1. The molecule has 1 unspecified atom stereocenters. The molecule has 11 heavy (non-hydrogen) atoms. The zero-order valence-electron chi connectivity index (χ0n) is 5.18. The van der Waals surface area contributed by atoms with E-state index in [4.69, 9.17) is 4.55 Å². The van der Waals surface area contributed by atoms with Crippen molar-refractivity contribution in [3.8, 4) is 0 Å². The van der Waals surface area contributed by atoms with Crippen LogP contribution in [0.15, 0.2) is 5.10 Å². The van der Waals surface area contributed by atoms with Gasteiger partial charge in [-0.1, -0.05) is 0 Å². The SMILES string of the molecule is O=C1NN=CC(S(=O)(=O)O)N1. The second kappa shape index (κ2) is 2.47. The highest BCUT2D eigenvalue weighted by atomic mass is 32.2. The van der Waals surface area contributed by atoms with Crippen molar-refractivity contribution >= 4 is 22.4 Å². The molecule has 1 aliphatic heterocycles. The van der Waals surface area contributed by atoms with Gasteiger partial charge in [0, 0.05) is 0 Å². The Hall–Kier alpha value is -1.15. The molecule has 62 valence electrons. The molecule has 1 rings (SSSR count). The summed E-state index contributed by atoms with van der Waals surface area (Å²) < 4.78 is 29.1. The number of nitrogens with one attached hydrogen (secondary N) is 2. The average molecular weight is 179 g/mol. The molecule has 0 aromatic carbocycles. The van der Waals surface area contributed by atoms with Gasteiger partial charge in [0.1, 0.15) is 0 Å². The summed E-state index contributed by atoms with van der Waals surface area (Å²) in [4.78, 5) is 10.4. The normalized spacial score (nSPS) is 24.1. The fourth-order valence-corrected chi connectivity index (χ4v) is 0.984. The summed E-state index contributed by atoms with van der Waals surface area (Å²) in [6.07, 6.45) is 0.872. The summed E-state index contributed by atoms with van der Waals surface area (Å²) in [5.74, 6) is 0. The zero-order valence-corrected chi connectivity index (χ0v) is 6.00. The predicted octanol–water partition coefficient (Wildman–Crippen LogP) is -1.50. The molecule has 0 aliphatic carbocycles. The van der Waals surface area contributed by atoms with Crippen LogP contribution in [0.25, 0.3) is 0 Å². The van der Waals surface area contributed by atoms with Gasteiger partial charge in [0.2, 0.25) is 0 Å². The van der Waals surface area contributed by atoms with Crippen LogP contribution in [0.5, 0.6) is 0 Å². The summed E-state index contributed by atoms with van der Waals surface area (Å²) >= 11 is 0. The van der Waals surface area contributed by atoms with Crippen LogP contribution in [-0.2, 0) is 10.1 Å². The summed E-state index contributed by atoms with van der Waals surface area (Å²) in [7, 11) is -4.28. The van der Waals surface area contributed by atoms with Crippen molar-refractivity contribution in [1.29, 1.82) is 0 Å². The molecule has 0 radical (unpaired) electrons. The molecule has 7 nitrogen and oxygen atoms in total. The van der Waals surface area contributed by atoms with E-state index >= 15 is 0 Å². The number of carbonyl (C=O) groups is 1. The van der Waals surface area contributed by atoms with Crippen LogP contribution in [0, 0.1) is 0 Å². The second-order valence-corrected chi connectivity index (χ2v) is 3.34. The first-order chi connectivity index (χ1) is 5.00. The molecular formula is C3H5N3O4S. The fraction of sp³-hybridized carbons (Fsp3) is 0.333. The Morgan fingerprint density at radius 2 is 2.27 bits per heavy atom. The van der Waals surface area contributed by atoms with E-state index in [1.54, 1.807) is 0 Å². The van der Waals surface area contributed by atoms with E-state index in [0.717, 1.165) is 6.21 Å². The third-order valence-corrected chi connectivity index (χ3v) is 1.85. The highest BCUT2D eigenvalue weighted by Gasteiger charge is 2.25. The van der Waals surface area contributed by atoms with E-state index in [1.807, 2.05) is 10.7 Å². The monoisotopic (exact) mass is 179 g/mol. The molecule has 1 atom stereocenters. The Morgan fingerprint density at radius 3 is 2.64 bits per heavy atom. The Morgan fingerprint density at radius 1 is 1.64 bits per heavy atom. The molecule has 0 saturated carbocycles. The number of hydrazone groups is 1. The maximum Gasteiger partial charge on any atom is 0.336 e. The quantitative estimate of drug-likeness (QED) is 0.425. The number of amides is 2. The minimum absolute atomic E-state index is 0.768. The minimum atomic E-state index is -4.28. The molecular weight excluding hydrogens is 174 g/mol. The topological polar surface area (TPSA) is 108 Å². The number of rotatable bonds is 1. The van der Waals surface area contributed by atoms with Crippen molar-refractivity contribution in [1.82, 2.24) is 10.7 Å². The van der Waals surface area contributed by atoms with Gasteiger partial charge in [-0.15, -0.1) is 0 Å². The molecule has 8 heteroatoms. The lowest BCUT2D eigenvalue weighted by molar-refractivity contribution is 0.240. The molecule has 1 aliphatic rings. The number of nitrogens with zero attached hydrogens (tertiary/aromatic N) is 1. The van der Waals surface area contributed by atoms with Crippen LogP contribution in [0.4, 0.5) is 4.79 Å². The van der Waals surface area contributed by atoms with Gasteiger partial charge in [0.25, 0.3) is 10.1 Å². The highest BCUT2D eigenvalue weighted by Crippen LogP contribution is 1.93. The first-order valence-corrected chi connectivity index (χ1v) is 4.06. The number of hydrogen-bond acceptors (Lipinski definition) is 4. The van der Waals surface area contributed by atoms with Gasteiger partial charge < -0.3 is 5.32 Å². The van der Waals surface area contributed by atoms with E-state index in [0.29, 0.717) is 0 Å². The van der Waals surface area contributed by atoms with Gasteiger partial charge in [0.05, 0.1) is 6.21 Å². The van der Waals surface area contributed by atoms with Gasteiger partial charge in [0.15, 0.2) is 5.37 Å². The lowest BCUT2D eigenvalue weighted by atomic mass is 10.6. The zero-order chi connectivity index (χ0) is 8.48. The van der Waals surface area contributed by atoms with Gasteiger partial charge in [-0.3, -0.25) is 4.55 Å². The summed E-state index contributed by atoms with van der Waals surface area (Å²) in [5.41, 5.74) is 1.93. The number of urea groups is 1. The molecule has 0 aromatic rings. The Bertz CT molecular complexity index is 294. The average Bonchev–Trinajstić information content (AvgIpc) is 1.86. The molecule has 1 heterocycles. The Kier molecular flexibility index (Phi) is 1.79. The number of hydrogen-bond donors (Lipinski definition) is 3. The molecule has 2 amide bonds. The van der Waals surface area contributed by atoms with Crippen LogP contribution < -0.4 is 10.7 Å². The summed E-state index contributed by atoms with van der Waals surface area (Å²) in [6, 6.07) is -0.768. The lowest BCUT2D eigenvalue weighted by Gasteiger charge is -2.14. The maximum absolute atomic E-state index is 10.4. The molecule has 0 fully saturated rings. The van der Waals surface area contributed by atoms with Crippen molar-refractivity contribution in [2.45, 2.75) is 5.37 Å². The van der Waals surface area contributed by atoms with Crippen LogP contribution in [0.2, 0.25) is 0 Å². The standard InChI is InChI=1S/C3H5N3O4S/c7-3-5-2(1-4-6-3)11(8,9)10/h1-2H,(H2,5,6,7)(H,8,9,10). The predicted molar refractivity (Wildman–Crippen MR) is 35.5 cm³/mol. The third kappa shape index (κ3) is 1.88. The molecule has 3 N–H and O–H groups in total. The van der Waals surface area contributed by atoms with Crippen molar-refractivity contribution in [3.63, 3.8) is 0 Å². The van der Waals surface area contributed by atoms with Gasteiger partial charge >= 0.3 is 6.03 Å². The lowest BCUT2D eigenvalue weighted by Crippen LogP contribution is -2.49. The van der Waals surface area contributed by atoms with Crippen LogP contribution in [0.3, 0.4) is 0 Å². The van der Waals surface area contributed by atoms with Gasteiger partial charge in [-0.2, -0.15) is 13.5 Å². The van der Waals surface area contributed by atoms with E-state index in [2.05, 4.69) is 5.10 Å². The van der Waals surface area contributed by atoms with E-state index in [9.17, 15) is 13.2 Å². The Labute approximate surface area is 62.2 Å². The largest absolute Gasteiger partial charge is 0.336 e. The third-order valence-electron chi connectivity index (χ3n) is 0.970. The summed E-state index contributed by atoms with van der Waals surface area (Å²) in [6.45, 7) is 0.